The molecule has 47 heavy (non-hydrogen) atoms. The van der Waals surface area contributed by atoms with Crippen LogP contribution in [-0.2, 0) is 10.0 Å². The Morgan fingerprint density at radius 2 is 1.89 bits per heavy atom. The van der Waals surface area contributed by atoms with E-state index in [2.05, 4.69) is 21.0 Å². The second-order valence-corrected chi connectivity index (χ2v) is 15.9. The van der Waals surface area contributed by atoms with Crippen LogP contribution in [0.4, 0.5) is 10.2 Å². The zero-order valence-corrected chi connectivity index (χ0v) is 27.5. The number of piperazine rings is 1. The number of halogens is 1. The third-order valence-electron chi connectivity index (χ3n) is 10.4. The van der Waals surface area contributed by atoms with Crippen molar-refractivity contribution in [3.63, 3.8) is 0 Å². The molecule has 2 saturated carbocycles. The van der Waals surface area contributed by atoms with E-state index < -0.39 is 15.8 Å². The van der Waals surface area contributed by atoms with Gasteiger partial charge in [0, 0.05) is 54.1 Å². The van der Waals surface area contributed by atoms with E-state index in [-0.39, 0.29) is 51.5 Å². The van der Waals surface area contributed by atoms with Crippen LogP contribution in [0.1, 0.15) is 61.8 Å². The number of aromatic nitrogens is 2. The molecule has 8 rings (SSSR count). The summed E-state index contributed by atoms with van der Waals surface area (Å²) in [5.41, 5.74) is 0.872. The van der Waals surface area contributed by atoms with Crippen molar-refractivity contribution in [2.75, 3.05) is 45.2 Å². The van der Waals surface area contributed by atoms with Crippen molar-refractivity contribution in [3.8, 4) is 24.1 Å². The molecular formula is C35H39FN6O4S. The van der Waals surface area contributed by atoms with Gasteiger partial charge in [0.1, 0.15) is 11.6 Å². The summed E-state index contributed by atoms with van der Waals surface area (Å²) in [4.78, 5) is 13.9. The molecule has 0 spiro atoms. The molecule has 246 valence electrons. The molecule has 3 aliphatic heterocycles. The second kappa shape index (κ2) is 11.1. The van der Waals surface area contributed by atoms with E-state index in [1.165, 1.54) is 22.5 Å². The maximum Gasteiger partial charge on any atom is 0.319 e. The minimum Gasteiger partial charge on any atom is -0.508 e. The third kappa shape index (κ3) is 5.19. The molecule has 2 aliphatic carbocycles. The van der Waals surface area contributed by atoms with Crippen LogP contribution in [0.3, 0.4) is 0 Å². The Balaban J connectivity index is 1.34. The van der Waals surface area contributed by atoms with Crippen LogP contribution in [-0.4, -0.2) is 91.2 Å². The number of nitrogens with zero attached hydrogens (tertiary/aromatic N) is 5. The predicted molar refractivity (Wildman–Crippen MR) is 178 cm³/mol. The first-order valence-electron chi connectivity index (χ1n) is 16.4. The average Bonchev–Trinajstić information content (AvgIpc) is 3.68. The zero-order chi connectivity index (χ0) is 32.7. The molecule has 1 aromatic heterocycles. The van der Waals surface area contributed by atoms with Crippen molar-refractivity contribution < 1.29 is 22.7 Å². The summed E-state index contributed by atoms with van der Waals surface area (Å²) in [6.07, 6.45) is 13.9. The van der Waals surface area contributed by atoms with Crippen LogP contribution in [0, 0.1) is 23.6 Å². The van der Waals surface area contributed by atoms with Gasteiger partial charge < -0.3 is 25.0 Å². The fraction of sp³-hybridized carbons (Fsp3) is 0.486. The number of sulfonamides is 1. The number of phenols is 1. The summed E-state index contributed by atoms with van der Waals surface area (Å²) in [6, 6.07) is 6.08. The molecule has 0 radical (unpaired) electrons. The zero-order valence-electron chi connectivity index (χ0n) is 26.7. The number of ether oxygens (including phenoxy) is 1. The second-order valence-electron chi connectivity index (χ2n) is 14.2. The molecule has 2 N–H and O–H groups in total. The number of fused-ring (bicyclic) bond motifs is 4. The lowest BCUT2D eigenvalue weighted by molar-refractivity contribution is 0.182. The smallest absolute Gasteiger partial charge is 0.319 e. The highest BCUT2D eigenvalue weighted by Crippen LogP contribution is 2.49. The lowest BCUT2D eigenvalue weighted by atomic mass is 9.90. The van der Waals surface area contributed by atoms with E-state index in [1.54, 1.807) is 12.1 Å². The van der Waals surface area contributed by atoms with Gasteiger partial charge in [0.2, 0.25) is 0 Å². The highest BCUT2D eigenvalue weighted by atomic mass is 32.2. The molecule has 3 aromatic rings. The number of rotatable bonds is 8. The van der Waals surface area contributed by atoms with Crippen molar-refractivity contribution >= 4 is 38.4 Å². The van der Waals surface area contributed by atoms with Crippen LogP contribution >= 0.6 is 0 Å². The molecule has 2 unspecified atom stereocenters. The number of benzene rings is 2. The van der Waals surface area contributed by atoms with Gasteiger partial charge in [-0.1, -0.05) is 12.0 Å². The van der Waals surface area contributed by atoms with E-state index in [4.69, 9.17) is 21.1 Å². The Kier molecular flexibility index (Phi) is 7.17. The Bertz CT molecular complexity index is 1950. The Hall–Kier alpha value is -3.92. The summed E-state index contributed by atoms with van der Waals surface area (Å²) in [5.74, 6) is 2.14. The summed E-state index contributed by atoms with van der Waals surface area (Å²) in [7, 11) is -0.138. The summed E-state index contributed by atoms with van der Waals surface area (Å²) in [6.45, 7) is 2.55. The van der Waals surface area contributed by atoms with Gasteiger partial charge in [0.05, 0.1) is 23.6 Å². The van der Waals surface area contributed by atoms with Crippen LogP contribution in [0.2, 0.25) is 0 Å². The minimum absolute atomic E-state index is 0.00877. The van der Waals surface area contributed by atoms with Crippen LogP contribution in [0.15, 0.2) is 29.2 Å². The van der Waals surface area contributed by atoms with E-state index >= 15 is 12.8 Å². The number of nitrogens with one attached hydrogen (secondary N) is 1. The van der Waals surface area contributed by atoms with Crippen LogP contribution < -0.4 is 15.0 Å². The Labute approximate surface area is 274 Å². The molecule has 2 saturated heterocycles. The standard InChI is InChI=1S/C35H39FN6O4S/c1-4-26-28(36)11-8-21-14-25(43)15-27(31(21)26)30-16-29-32(47(44,45)42(30)24-6-5-7-24)33(41-17-22-9-10-23(18-41)37-22)39-34(38-29)46-20-35(12-13-35)19-40(2)3/h1,8,11,14-16,22-24,37,43H,5-7,9-10,12-13,17-20H2,2-3H3. The molecule has 5 aliphatic rings. The number of terminal acetylenes is 1. The van der Waals surface area contributed by atoms with Gasteiger partial charge >= 0.3 is 6.01 Å². The lowest BCUT2D eigenvalue weighted by Crippen LogP contribution is -2.52. The molecule has 0 amide bonds. The SMILES string of the molecule is C#Cc1c(F)ccc2cc(O)cc(C3=Cc4nc(OCC5(CN(C)C)CC5)nc(N5CC6CCC(C5)N6)c4S(=O)(=O)N3C3CCC3)c12. The van der Waals surface area contributed by atoms with Crippen molar-refractivity contribution in [1.29, 1.82) is 0 Å². The topological polar surface area (TPSA) is 111 Å². The van der Waals surface area contributed by atoms with Gasteiger partial charge in [-0.15, -0.1) is 6.42 Å². The van der Waals surface area contributed by atoms with Gasteiger partial charge in [-0.3, -0.25) is 4.31 Å². The summed E-state index contributed by atoms with van der Waals surface area (Å²) < 4.78 is 52.9. The molecule has 4 fully saturated rings. The highest BCUT2D eigenvalue weighted by molar-refractivity contribution is 7.89. The first-order valence-corrected chi connectivity index (χ1v) is 17.9. The number of anilines is 1. The Morgan fingerprint density at radius 3 is 2.53 bits per heavy atom. The quantitative estimate of drug-likeness (QED) is 0.345. The van der Waals surface area contributed by atoms with Crippen LogP contribution in [0.5, 0.6) is 11.8 Å². The fourth-order valence-electron chi connectivity index (χ4n) is 7.84. The predicted octanol–water partition coefficient (Wildman–Crippen LogP) is 4.17. The van der Waals surface area contributed by atoms with Gasteiger partial charge in [0.25, 0.3) is 10.0 Å². The van der Waals surface area contributed by atoms with Gasteiger partial charge in [-0.2, -0.15) is 9.97 Å². The number of hydrogen-bond acceptors (Lipinski definition) is 9. The molecule has 10 nitrogen and oxygen atoms in total. The van der Waals surface area contributed by atoms with Crippen molar-refractivity contribution in [2.45, 2.75) is 68.0 Å². The van der Waals surface area contributed by atoms with E-state index in [0.717, 1.165) is 38.6 Å². The van der Waals surface area contributed by atoms with Crippen molar-refractivity contribution in [3.05, 3.63) is 46.9 Å². The molecule has 2 aromatic carbocycles. The van der Waals surface area contributed by atoms with Crippen LogP contribution in [0.25, 0.3) is 22.5 Å². The maximum atomic E-state index is 15.1. The first-order chi connectivity index (χ1) is 22.5. The molecule has 4 heterocycles. The molecule has 2 bridgehead atoms. The van der Waals surface area contributed by atoms with Crippen molar-refractivity contribution in [1.82, 2.24) is 24.5 Å². The average molecular weight is 659 g/mol. The van der Waals surface area contributed by atoms with E-state index in [0.29, 0.717) is 60.4 Å². The number of phenolic OH excluding ortho intramolecular Hbond substituents is 1. The lowest BCUT2D eigenvalue weighted by Gasteiger charge is -2.43. The number of hydrogen-bond donors (Lipinski definition) is 2. The minimum atomic E-state index is -4.22. The summed E-state index contributed by atoms with van der Waals surface area (Å²) in [5, 5.41) is 15.3. The van der Waals surface area contributed by atoms with Gasteiger partial charge in [-0.05, 0) is 88.7 Å². The highest BCUT2D eigenvalue weighted by Gasteiger charge is 2.47. The maximum absolute atomic E-state index is 15.1. The Morgan fingerprint density at radius 1 is 1.15 bits per heavy atom. The largest absolute Gasteiger partial charge is 0.508 e. The monoisotopic (exact) mass is 658 g/mol. The van der Waals surface area contributed by atoms with Gasteiger partial charge in [0.15, 0.2) is 10.7 Å². The summed E-state index contributed by atoms with van der Waals surface area (Å²) >= 11 is 0. The van der Waals surface area contributed by atoms with Gasteiger partial charge in [-0.25, -0.2) is 12.8 Å². The fourth-order valence-corrected chi connectivity index (χ4v) is 9.83. The van der Waals surface area contributed by atoms with Crippen molar-refractivity contribution in [2.24, 2.45) is 5.41 Å². The van der Waals surface area contributed by atoms with E-state index in [1.807, 2.05) is 14.1 Å². The third-order valence-corrected chi connectivity index (χ3v) is 12.3. The van der Waals surface area contributed by atoms with E-state index in [9.17, 15) is 5.11 Å². The normalized spacial score (nSPS) is 24.1. The molecule has 12 heteroatoms. The number of aromatic hydroxyl groups is 1. The molecular weight excluding hydrogens is 619 g/mol. The molecule has 2 atom stereocenters. The first kappa shape index (κ1) is 30.4.